The van der Waals surface area contributed by atoms with E-state index in [1.54, 1.807) is 30.3 Å². The van der Waals surface area contributed by atoms with Crippen molar-refractivity contribution in [2.24, 2.45) is 5.10 Å². The van der Waals surface area contributed by atoms with Gasteiger partial charge < -0.3 is 20.1 Å². The summed E-state index contributed by atoms with van der Waals surface area (Å²) in [5.74, 6) is -2.33. The van der Waals surface area contributed by atoms with E-state index in [4.69, 9.17) is 9.47 Å². The molecular weight excluding hydrogens is 511 g/mol. The maximum absolute atomic E-state index is 13.8. The third kappa shape index (κ3) is 10.1. The van der Waals surface area contributed by atoms with Gasteiger partial charge in [0.05, 0.1) is 18.0 Å². The van der Waals surface area contributed by atoms with E-state index in [1.165, 1.54) is 18.3 Å². The van der Waals surface area contributed by atoms with Crippen molar-refractivity contribution in [3.63, 3.8) is 0 Å². The summed E-state index contributed by atoms with van der Waals surface area (Å²) >= 11 is 3.15. The first-order valence-corrected chi connectivity index (χ1v) is 11.2. The van der Waals surface area contributed by atoms with Crippen LogP contribution in [0.15, 0.2) is 52.0 Å². The molecule has 0 unspecified atom stereocenters. The van der Waals surface area contributed by atoms with Crippen LogP contribution >= 0.6 is 15.9 Å². The quantitative estimate of drug-likeness (QED) is 0.176. The predicted molar refractivity (Wildman–Crippen MR) is 129 cm³/mol. The normalized spacial score (nSPS) is 10.9. The fraction of sp³-hybridized carbons (Fsp3) is 0.304. The lowest BCUT2D eigenvalue weighted by molar-refractivity contribution is -0.139. The van der Waals surface area contributed by atoms with Gasteiger partial charge in [-0.25, -0.2) is 9.82 Å². The van der Waals surface area contributed by atoms with Crippen LogP contribution in [0.2, 0.25) is 0 Å². The molecule has 0 aliphatic carbocycles. The highest BCUT2D eigenvalue weighted by Crippen LogP contribution is 2.19. The van der Waals surface area contributed by atoms with Crippen LogP contribution in [0, 0.1) is 5.82 Å². The Morgan fingerprint density at radius 3 is 2.53 bits per heavy atom. The number of ether oxygens (including phenoxy) is 2. The second-order valence-electron chi connectivity index (χ2n) is 7.26. The van der Waals surface area contributed by atoms with Gasteiger partial charge in [0.15, 0.2) is 6.61 Å². The van der Waals surface area contributed by atoms with Gasteiger partial charge in [-0.2, -0.15) is 5.10 Å². The molecule has 0 bridgehead atoms. The van der Waals surface area contributed by atoms with Gasteiger partial charge in [-0.1, -0.05) is 15.9 Å². The Morgan fingerprint density at radius 1 is 1.12 bits per heavy atom. The zero-order valence-corrected chi connectivity index (χ0v) is 20.4. The van der Waals surface area contributed by atoms with E-state index in [-0.39, 0.29) is 18.4 Å². The monoisotopic (exact) mass is 536 g/mol. The average Bonchev–Trinajstić information content (AvgIpc) is 2.79. The van der Waals surface area contributed by atoms with Crippen molar-refractivity contribution >= 4 is 45.6 Å². The molecule has 3 amide bonds. The summed E-state index contributed by atoms with van der Waals surface area (Å²) in [5.41, 5.74) is 2.83. The van der Waals surface area contributed by atoms with Crippen molar-refractivity contribution in [2.75, 3.05) is 25.1 Å². The van der Waals surface area contributed by atoms with Crippen LogP contribution in [0.5, 0.6) is 5.75 Å². The Balaban J connectivity index is 1.70. The minimum atomic E-state index is -0.880. The van der Waals surface area contributed by atoms with Gasteiger partial charge in [-0.15, -0.1) is 0 Å². The molecule has 2 aromatic carbocycles. The molecule has 0 radical (unpaired) electrons. The lowest BCUT2D eigenvalue weighted by Crippen LogP contribution is -2.38. The number of carbonyl (C=O) groups is 3. The van der Waals surface area contributed by atoms with Gasteiger partial charge in [0.2, 0.25) is 0 Å². The molecule has 0 fully saturated rings. The first kappa shape index (κ1) is 26.9. The summed E-state index contributed by atoms with van der Waals surface area (Å²) < 4.78 is 25.1. The average molecular weight is 537 g/mol. The Bertz CT molecular complexity index is 1010. The molecule has 9 nitrogen and oxygen atoms in total. The van der Waals surface area contributed by atoms with Gasteiger partial charge in [0, 0.05) is 17.6 Å². The van der Waals surface area contributed by atoms with E-state index in [2.05, 4.69) is 37.1 Å². The molecule has 2 aromatic rings. The number of anilines is 1. The van der Waals surface area contributed by atoms with Crippen LogP contribution in [0.3, 0.4) is 0 Å². The molecule has 0 spiro atoms. The standard InChI is InChI=1S/C23H26BrFN4O5/c1-15(2)33-11-3-10-26-22(31)23(32)29-27-13-16-4-7-18(8-5-16)34-14-21(30)28-20-9-6-17(24)12-19(20)25/h4-9,12-13,15H,3,10-11,14H2,1-2H3,(H,26,31)(H,28,30)(H,29,32)/b27-13-. The fourth-order valence-electron chi connectivity index (χ4n) is 2.47. The Labute approximate surface area is 205 Å². The van der Waals surface area contributed by atoms with Crippen LogP contribution < -0.4 is 20.8 Å². The maximum atomic E-state index is 13.8. The molecule has 0 saturated carbocycles. The summed E-state index contributed by atoms with van der Waals surface area (Å²) in [6, 6.07) is 10.8. The van der Waals surface area contributed by atoms with Crippen molar-refractivity contribution in [3.8, 4) is 5.75 Å². The number of hydrazone groups is 1. The SMILES string of the molecule is CC(C)OCCCNC(=O)C(=O)N/N=C\c1ccc(OCC(=O)Nc2ccc(Br)cc2F)cc1. The van der Waals surface area contributed by atoms with Crippen molar-refractivity contribution in [2.45, 2.75) is 26.4 Å². The third-order valence-corrected chi connectivity index (χ3v) is 4.59. The maximum Gasteiger partial charge on any atom is 0.329 e. The number of benzene rings is 2. The molecule has 0 aromatic heterocycles. The Morgan fingerprint density at radius 2 is 1.85 bits per heavy atom. The van der Waals surface area contributed by atoms with Crippen molar-refractivity contribution in [1.82, 2.24) is 10.7 Å². The second kappa shape index (κ2) is 14.1. The summed E-state index contributed by atoms with van der Waals surface area (Å²) in [6.45, 7) is 4.33. The highest BCUT2D eigenvalue weighted by Gasteiger charge is 2.11. The van der Waals surface area contributed by atoms with E-state index in [9.17, 15) is 18.8 Å². The van der Waals surface area contributed by atoms with Crippen molar-refractivity contribution in [1.29, 1.82) is 0 Å². The van der Waals surface area contributed by atoms with E-state index in [0.717, 1.165) is 0 Å². The lowest BCUT2D eigenvalue weighted by Gasteiger charge is -2.08. The van der Waals surface area contributed by atoms with Gasteiger partial charge in [0.1, 0.15) is 11.6 Å². The van der Waals surface area contributed by atoms with Gasteiger partial charge in [-0.05, 0) is 68.3 Å². The van der Waals surface area contributed by atoms with Crippen LogP contribution in [0.1, 0.15) is 25.8 Å². The number of halogens is 2. The molecule has 0 aliphatic heterocycles. The number of nitrogens with zero attached hydrogens (tertiary/aromatic N) is 1. The van der Waals surface area contributed by atoms with Crippen LogP contribution in [0.4, 0.5) is 10.1 Å². The lowest BCUT2D eigenvalue weighted by atomic mass is 10.2. The number of hydrogen-bond donors (Lipinski definition) is 3. The number of amides is 3. The molecule has 0 saturated heterocycles. The molecule has 0 heterocycles. The summed E-state index contributed by atoms with van der Waals surface area (Å²) in [4.78, 5) is 35.4. The molecule has 0 aliphatic rings. The fourth-order valence-corrected chi connectivity index (χ4v) is 2.80. The van der Waals surface area contributed by atoms with Gasteiger partial charge >= 0.3 is 11.8 Å². The molecular formula is C23H26BrFN4O5. The van der Waals surface area contributed by atoms with E-state index in [1.807, 2.05) is 13.8 Å². The Hall–Kier alpha value is -3.31. The summed E-state index contributed by atoms with van der Waals surface area (Å²) in [7, 11) is 0. The highest BCUT2D eigenvalue weighted by atomic mass is 79.9. The van der Waals surface area contributed by atoms with Gasteiger partial charge in [0.25, 0.3) is 5.91 Å². The Kier molecular flexibility index (Phi) is 11.1. The van der Waals surface area contributed by atoms with E-state index in [0.29, 0.717) is 35.4 Å². The minimum Gasteiger partial charge on any atom is -0.484 e. The zero-order chi connectivity index (χ0) is 24.9. The van der Waals surface area contributed by atoms with Crippen LogP contribution in [-0.4, -0.2) is 49.8 Å². The molecule has 2 rings (SSSR count). The molecule has 11 heteroatoms. The minimum absolute atomic E-state index is 0.0548. The first-order valence-electron chi connectivity index (χ1n) is 10.4. The number of rotatable bonds is 11. The topological polar surface area (TPSA) is 118 Å². The second-order valence-corrected chi connectivity index (χ2v) is 8.17. The van der Waals surface area contributed by atoms with E-state index < -0.39 is 23.5 Å². The number of carbonyl (C=O) groups excluding carboxylic acids is 3. The predicted octanol–water partition coefficient (Wildman–Crippen LogP) is 2.99. The van der Waals surface area contributed by atoms with Gasteiger partial charge in [-0.3, -0.25) is 14.4 Å². The number of nitrogens with one attached hydrogen (secondary N) is 3. The largest absolute Gasteiger partial charge is 0.484 e. The highest BCUT2D eigenvalue weighted by molar-refractivity contribution is 9.10. The first-order chi connectivity index (χ1) is 16.2. The molecule has 182 valence electrons. The zero-order valence-electron chi connectivity index (χ0n) is 18.8. The third-order valence-electron chi connectivity index (χ3n) is 4.10. The smallest absolute Gasteiger partial charge is 0.329 e. The molecule has 34 heavy (non-hydrogen) atoms. The molecule has 3 N–H and O–H groups in total. The summed E-state index contributed by atoms with van der Waals surface area (Å²) in [6.07, 6.45) is 2.06. The van der Waals surface area contributed by atoms with E-state index >= 15 is 0 Å². The van der Waals surface area contributed by atoms with Crippen molar-refractivity contribution < 1.29 is 28.2 Å². The molecule has 0 atom stereocenters. The van der Waals surface area contributed by atoms with Crippen molar-refractivity contribution in [3.05, 3.63) is 58.3 Å². The van der Waals surface area contributed by atoms with Crippen LogP contribution in [-0.2, 0) is 19.1 Å². The number of hydrogen-bond acceptors (Lipinski definition) is 6. The van der Waals surface area contributed by atoms with Crippen LogP contribution in [0.25, 0.3) is 0 Å². The summed E-state index contributed by atoms with van der Waals surface area (Å²) in [5, 5.41) is 8.65.